The molecule has 0 radical (unpaired) electrons. The smallest absolute Gasteiger partial charge is 0.140 e. The Morgan fingerprint density at radius 1 is 1.88 bits per heavy atom. The summed E-state index contributed by atoms with van der Waals surface area (Å²) in [4.78, 5) is 3.59. The van der Waals surface area contributed by atoms with Crippen molar-refractivity contribution >= 4 is 0 Å². The minimum Gasteiger partial charge on any atom is -0.246 e. The first-order valence-electron chi connectivity index (χ1n) is 3.08. The number of nitriles is 1. The fraction of sp³-hybridized carbons (Fsp3) is 0. The molecule has 2 heteroatoms. The summed E-state index contributed by atoms with van der Waals surface area (Å²) < 4.78 is 14.2. The first-order chi connectivity index (χ1) is 4.75. The third-order valence-electron chi connectivity index (χ3n) is 0.658. The fourth-order valence-corrected chi connectivity index (χ4v) is 0.348. The van der Waals surface area contributed by atoms with Gasteiger partial charge in [-0.05, 0) is 12.1 Å². The van der Waals surface area contributed by atoms with Gasteiger partial charge in [0.1, 0.15) is 11.8 Å². The molecular formula is C6H4N2. The zero-order valence-corrected chi connectivity index (χ0v) is 4.05. The van der Waals surface area contributed by atoms with Gasteiger partial charge in [-0.1, -0.05) is 6.04 Å². The van der Waals surface area contributed by atoms with Crippen LogP contribution in [0.1, 0.15) is 8.44 Å². The number of nitrogens with zero attached hydrogens (tertiary/aromatic N) is 2. The molecule has 0 bridgehead atoms. The molecular weight excluding hydrogens is 100 g/mol. The summed E-state index contributed by atoms with van der Waals surface area (Å²) in [5.41, 5.74) is 0.00694. The normalized spacial score (nSPS) is 11.4. The number of hydrogen-bond acceptors (Lipinski definition) is 2. The zero-order valence-electron chi connectivity index (χ0n) is 6.05. The molecule has 2 nitrogen and oxygen atoms in total. The molecule has 0 aliphatic rings. The van der Waals surface area contributed by atoms with Crippen LogP contribution in [0.3, 0.4) is 0 Å². The van der Waals surface area contributed by atoms with Crippen LogP contribution < -0.4 is 0 Å². The Kier molecular flexibility index (Phi) is 0.736. The average Bonchev–Trinajstić information content (AvgIpc) is 1.95. The molecule has 0 aromatic carbocycles. The summed E-state index contributed by atoms with van der Waals surface area (Å²) in [6, 6.07) is 3.02. The van der Waals surface area contributed by atoms with E-state index in [-0.39, 0.29) is 17.8 Å². The maximum absolute atomic E-state index is 8.33. The van der Waals surface area contributed by atoms with E-state index in [0.29, 0.717) is 0 Å². The van der Waals surface area contributed by atoms with Crippen LogP contribution in [-0.4, -0.2) is 4.98 Å². The molecule has 1 heterocycles. The Morgan fingerprint density at radius 3 is 3.38 bits per heavy atom. The van der Waals surface area contributed by atoms with Gasteiger partial charge in [0.2, 0.25) is 0 Å². The van der Waals surface area contributed by atoms with Gasteiger partial charge < -0.3 is 0 Å². The summed E-state index contributed by atoms with van der Waals surface area (Å²) in [6.45, 7) is 0. The summed E-state index contributed by atoms with van der Waals surface area (Å²) in [5, 5.41) is 8.33. The molecule has 1 aromatic rings. The SMILES string of the molecule is [2H]c1ccnc(C#N)c1[2H]. The second-order valence-electron chi connectivity index (χ2n) is 1.17. The molecule has 0 saturated carbocycles. The minimum atomic E-state index is -0.106. The summed E-state index contributed by atoms with van der Waals surface area (Å²) in [6.07, 6.45) is 1.35. The maximum atomic E-state index is 8.33. The van der Waals surface area contributed by atoms with Crippen molar-refractivity contribution in [3.63, 3.8) is 0 Å². The van der Waals surface area contributed by atoms with Gasteiger partial charge in [0.25, 0.3) is 0 Å². The molecule has 0 unspecified atom stereocenters. The number of hydrogen-bond donors (Lipinski definition) is 0. The van der Waals surface area contributed by atoms with Crippen LogP contribution in [0.4, 0.5) is 0 Å². The van der Waals surface area contributed by atoms with Crippen LogP contribution in [0.25, 0.3) is 0 Å². The molecule has 0 fully saturated rings. The van der Waals surface area contributed by atoms with E-state index in [2.05, 4.69) is 4.98 Å². The van der Waals surface area contributed by atoms with Gasteiger partial charge in [-0.3, -0.25) is 0 Å². The van der Waals surface area contributed by atoms with Gasteiger partial charge in [-0.25, -0.2) is 4.98 Å². The fourth-order valence-electron chi connectivity index (χ4n) is 0.348. The second-order valence-corrected chi connectivity index (χ2v) is 1.17. The van der Waals surface area contributed by atoms with E-state index in [1.165, 1.54) is 12.3 Å². The second kappa shape index (κ2) is 2.08. The lowest BCUT2D eigenvalue weighted by atomic mass is 10.4. The highest BCUT2D eigenvalue weighted by atomic mass is 14.7. The maximum Gasteiger partial charge on any atom is 0.140 e. The minimum absolute atomic E-state index is 0.00694. The highest BCUT2D eigenvalue weighted by molar-refractivity contribution is 5.18. The van der Waals surface area contributed by atoms with Crippen molar-refractivity contribution in [1.29, 1.82) is 5.26 Å². The van der Waals surface area contributed by atoms with Crippen LogP contribution in [0, 0.1) is 11.3 Å². The Hall–Kier alpha value is -1.36. The topological polar surface area (TPSA) is 36.7 Å². The highest BCUT2D eigenvalue weighted by Crippen LogP contribution is 1.86. The molecule has 0 spiro atoms. The molecule has 0 aliphatic heterocycles. The molecule has 0 N–H and O–H groups in total. The van der Waals surface area contributed by atoms with Crippen molar-refractivity contribution in [2.45, 2.75) is 0 Å². The Bertz CT molecular complexity index is 290. The zero-order chi connectivity index (χ0) is 7.56. The van der Waals surface area contributed by atoms with Gasteiger partial charge in [-0.15, -0.1) is 0 Å². The van der Waals surface area contributed by atoms with Gasteiger partial charge in [0, 0.05) is 6.20 Å². The molecule has 1 aromatic heterocycles. The highest BCUT2D eigenvalue weighted by Gasteiger charge is 1.81. The number of pyridine rings is 1. The molecule has 0 amide bonds. The van der Waals surface area contributed by atoms with Crippen LogP contribution in [0.5, 0.6) is 0 Å². The predicted octanol–water partition coefficient (Wildman–Crippen LogP) is 0.953. The quantitative estimate of drug-likeness (QED) is 0.493. The van der Waals surface area contributed by atoms with Crippen LogP contribution in [-0.2, 0) is 0 Å². The third kappa shape index (κ3) is 0.824. The molecule has 0 atom stereocenters. The van der Waals surface area contributed by atoms with Crippen molar-refractivity contribution in [2.75, 3.05) is 0 Å². The van der Waals surface area contributed by atoms with Gasteiger partial charge in [0.15, 0.2) is 0 Å². The van der Waals surface area contributed by atoms with Crippen molar-refractivity contribution in [2.24, 2.45) is 0 Å². The van der Waals surface area contributed by atoms with Crippen molar-refractivity contribution < 1.29 is 2.74 Å². The monoisotopic (exact) mass is 106 g/mol. The lowest BCUT2D eigenvalue weighted by Crippen LogP contribution is -1.75. The lowest BCUT2D eigenvalue weighted by molar-refractivity contribution is 1.26. The number of aromatic nitrogens is 1. The predicted molar refractivity (Wildman–Crippen MR) is 29.0 cm³/mol. The van der Waals surface area contributed by atoms with Crippen LogP contribution in [0.15, 0.2) is 24.3 Å². The van der Waals surface area contributed by atoms with E-state index in [9.17, 15) is 0 Å². The molecule has 38 valence electrons. The Morgan fingerprint density at radius 2 is 2.75 bits per heavy atom. The van der Waals surface area contributed by atoms with Crippen LogP contribution >= 0.6 is 0 Å². The number of rotatable bonds is 0. The summed E-state index contributed by atoms with van der Waals surface area (Å²) in [5.74, 6) is 0. The lowest BCUT2D eigenvalue weighted by Gasteiger charge is -1.79. The van der Waals surface area contributed by atoms with Crippen molar-refractivity contribution in [3.05, 3.63) is 30.0 Å². The van der Waals surface area contributed by atoms with E-state index in [1.54, 1.807) is 6.07 Å². The van der Waals surface area contributed by atoms with Crippen molar-refractivity contribution in [1.82, 2.24) is 4.98 Å². The standard InChI is InChI=1S/C6H4N2/c7-5-6-3-1-2-4-8-6/h1-4H/i1D,3D. The first-order valence-corrected chi connectivity index (χ1v) is 2.08. The molecule has 8 heavy (non-hydrogen) atoms. The van der Waals surface area contributed by atoms with E-state index in [0.717, 1.165) is 0 Å². The Labute approximate surface area is 50.2 Å². The van der Waals surface area contributed by atoms with Gasteiger partial charge in [-0.2, -0.15) is 5.26 Å². The van der Waals surface area contributed by atoms with E-state index in [1.807, 2.05) is 0 Å². The van der Waals surface area contributed by atoms with Gasteiger partial charge in [0.05, 0.1) is 2.74 Å². The largest absolute Gasteiger partial charge is 0.246 e. The van der Waals surface area contributed by atoms with Crippen molar-refractivity contribution in [3.8, 4) is 6.07 Å². The molecule has 0 saturated heterocycles. The molecule has 1 rings (SSSR count). The van der Waals surface area contributed by atoms with Crippen LogP contribution in [0.2, 0.25) is 0 Å². The summed E-state index contributed by atoms with van der Waals surface area (Å²) in [7, 11) is 0. The first kappa shape index (κ1) is 2.83. The van der Waals surface area contributed by atoms with Gasteiger partial charge >= 0.3 is 0 Å². The average molecular weight is 106 g/mol. The third-order valence-corrected chi connectivity index (χ3v) is 0.658. The molecule has 0 aliphatic carbocycles. The summed E-state index contributed by atoms with van der Waals surface area (Å²) >= 11 is 0. The van der Waals surface area contributed by atoms with E-state index in [4.69, 9.17) is 8.00 Å². The van der Waals surface area contributed by atoms with E-state index >= 15 is 0 Å². The Balaban J connectivity index is 3.31. The van der Waals surface area contributed by atoms with E-state index < -0.39 is 0 Å².